The second-order valence-electron chi connectivity index (χ2n) is 13.5. The maximum absolute atomic E-state index is 12.6. The number of aromatic amines is 1. The van der Waals surface area contributed by atoms with Crippen molar-refractivity contribution in [3.8, 4) is 5.75 Å². The number of aromatic nitrogens is 6. The quantitative estimate of drug-likeness (QED) is 0.228. The molecular weight excluding hydrogens is 552 g/mol. The van der Waals surface area contributed by atoms with Crippen molar-refractivity contribution in [2.75, 3.05) is 12.4 Å². The van der Waals surface area contributed by atoms with Gasteiger partial charge in [-0.3, -0.25) is 10.1 Å². The highest BCUT2D eigenvalue weighted by Crippen LogP contribution is 2.51. The summed E-state index contributed by atoms with van der Waals surface area (Å²) in [7, 11) is 3.71. The van der Waals surface area contributed by atoms with Gasteiger partial charge in [-0.1, -0.05) is 57.1 Å². The van der Waals surface area contributed by atoms with Crippen molar-refractivity contribution < 1.29 is 9.53 Å². The number of methoxy groups -OCH3 is 1. The smallest absolute Gasteiger partial charge is 0.270 e. The number of tetrazole rings is 1. The largest absolute Gasteiger partial charge is 0.497 e. The molecule has 0 spiro atoms. The van der Waals surface area contributed by atoms with Crippen LogP contribution in [0.25, 0.3) is 11.0 Å². The number of H-pyrrole nitrogens is 1. The average Bonchev–Trinajstić information content (AvgIpc) is 3.58. The van der Waals surface area contributed by atoms with Gasteiger partial charge in [-0.2, -0.15) is 5.21 Å². The molecular formula is C34H40N8O2. The zero-order chi connectivity index (χ0) is 31.1. The molecule has 1 saturated carbocycles. The van der Waals surface area contributed by atoms with Gasteiger partial charge >= 0.3 is 0 Å². The van der Waals surface area contributed by atoms with Crippen molar-refractivity contribution in [3.05, 3.63) is 89.0 Å². The molecule has 10 nitrogen and oxygen atoms in total. The summed E-state index contributed by atoms with van der Waals surface area (Å²) in [4.78, 5) is 17.8. The summed E-state index contributed by atoms with van der Waals surface area (Å²) in [5, 5.41) is 16.0. The minimum atomic E-state index is -0.306. The Labute approximate surface area is 257 Å². The van der Waals surface area contributed by atoms with Crippen molar-refractivity contribution in [3.63, 3.8) is 0 Å². The van der Waals surface area contributed by atoms with E-state index in [1.54, 1.807) is 19.2 Å². The second kappa shape index (κ2) is 11.4. The summed E-state index contributed by atoms with van der Waals surface area (Å²) in [5.41, 5.74) is 7.36. The van der Waals surface area contributed by atoms with Gasteiger partial charge in [0.25, 0.3) is 11.9 Å². The van der Waals surface area contributed by atoms with E-state index >= 15 is 0 Å². The van der Waals surface area contributed by atoms with E-state index in [4.69, 9.17) is 9.73 Å². The van der Waals surface area contributed by atoms with E-state index in [1.165, 1.54) is 24.8 Å². The van der Waals surface area contributed by atoms with Crippen LogP contribution in [-0.2, 0) is 13.6 Å². The number of anilines is 1. The van der Waals surface area contributed by atoms with Gasteiger partial charge in [-0.05, 0) is 88.7 Å². The summed E-state index contributed by atoms with van der Waals surface area (Å²) in [6.45, 7) is 10.2. The van der Waals surface area contributed by atoms with Gasteiger partial charge in [0, 0.05) is 18.7 Å². The third-order valence-electron chi connectivity index (χ3n) is 8.65. The molecule has 6 rings (SSSR count). The van der Waals surface area contributed by atoms with Crippen molar-refractivity contribution in [1.29, 1.82) is 0 Å². The number of hydrogen-bond donors (Lipinski definition) is 2. The molecule has 0 saturated heterocycles. The molecule has 0 radical (unpaired) electrons. The fourth-order valence-electron chi connectivity index (χ4n) is 7.17. The molecule has 5 aromatic rings. The topological polar surface area (TPSA) is 115 Å². The number of rotatable bonds is 7. The molecule has 3 aromatic carbocycles. The first-order valence-corrected chi connectivity index (χ1v) is 15.0. The molecule has 2 aromatic heterocycles. The highest BCUT2D eigenvalue weighted by Gasteiger charge is 2.38. The lowest BCUT2D eigenvalue weighted by Crippen LogP contribution is -2.32. The number of nitrogens with zero attached hydrogens (tertiary/aromatic N) is 6. The van der Waals surface area contributed by atoms with Gasteiger partial charge in [-0.25, -0.2) is 4.99 Å². The summed E-state index contributed by atoms with van der Waals surface area (Å²) >= 11 is 0. The van der Waals surface area contributed by atoms with E-state index in [-0.39, 0.29) is 11.9 Å². The van der Waals surface area contributed by atoms with Crippen LogP contribution in [0.1, 0.15) is 74.4 Å². The van der Waals surface area contributed by atoms with E-state index in [0.29, 0.717) is 28.9 Å². The predicted octanol–water partition coefficient (Wildman–Crippen LogP) is 6.35. The van der Waals surface area contributed by atoms with Crippen molar-refractivity contribution in [2.45, 2.75) is 59.4 Å². The van der Waals surface area contributed by atoms with Gasteiger partial charge in [0.15, 0.2) is 0 Å². The van der Waals surface area contributed by atoms with Gasteiger partial charge in [0.05, 0.1) is 30.4 Å². The summed E-state index contributed by atoms with van der Waals surface area (Å²) in [5.74, 6) is 1.15. The van der Waals surface area contributed by atoms with Crippen LogP contribution in [0.5, 0.6) is 5.75 Å². The van der Waals surface area contributed by atoms with Crippen molar-refractivity contribution in [2.24, 2.45) is 22.9 Å². The number of benzene rings is 3. The minimum Gasteiger partial charge on any atom is -0.497 e. The second-order valence-corrected chi connectivity index (χ2v) is 13.5. The van der Waals surface area contributed by atoms with Crippen molar-refractivity contribution in [1.82, 2.24) is 29.8 Å². The maximum atomic E-state index is 12.6. The third-order valence-corrected chi connectivity index (χ3v) is 8.65. The number of ether oxygens (including phenoxy) is 1. The van der Waals surface area contributed by atoms with Gasteiger partial charge in [-0.15, -0.1) is 5.10 Å². The van der Waals surface area contributed by atoms with Crippen LogP contribution in [-0.4, -0.2) is 42.8 Å². The van der Waals surface area contributed by atoms with Gasteiger partial charge in [0.2, 0.25) is 5.62 Å². The van der Waals surface area contributed by atoms with E-state index in [2.05, 4.69) is 93.1 Å². The highest BCUT2D eigenvalue weighted by molar-refractivity contribution is 6.03. The Morgan fingerprint density at radius 1 is 1.00 bits per heavy atom. The molecule has 1 aliphatic rings. The third kappa shape index (κ3) is 6.15. The Kier molecular flexibility index (Phi) is 7.61. The summed E-state index contributed by atoms with van der Waals surface area (Å²) in [6, 6.07) is 22.3. The number of carbonyl (C=O) groups excluding carboxylic acids is 1. The minimum absolute atomic E-state index is 0.130. The molecule has 0 atom stereocenters. The Hall–Kier alpha value is -4.73. The molecule has 228 valence electrons. The van der Waals surface area contributed by atoms with Crippen LogP contribution >= 0.6 is 0 Å². The van der Waals surface area contributed by atoms with Crippen LogP contribution in [0, 0.1) is 10.8 Å². The molecule has 1 aliphatic carbocycles. The van der Waals surface area contributed by atoms with E-state index in [0.717, 1.165) is 33.7 Å². The van der Waals surface area contributed by atoms with Crippen LogP contribution in [0.3, 0.4) is 0 Å². The van der Waals surface area contributed by atoms with E-state index in [9.17, 15) is 4.79 Å². The van der Waals surface area contributed by atoms with E-state index < -0.39 is 0 Å². The molecule has 2 heterocycles. The fourth-order valence-corrected chi connectivity index (χ4v) is 7.17. The van der Waals surface area contributed by atoms with Gasteiger partial charge < -0.3 is 13.9 Å². The number of carbonyl (C=O) groups is 1. The molecule has 1 amide bonds. The molecule has 10 heteroatoms. The standard InChI is InChI=1S/C34H40N8O2/c1-33(2)18-25(19-34(3,4)21-33)23-11-13-26(14-12-23)35-32-41(5)28-16-15-27(44-6)17-29(28)42(32)20-22-7-9-24(10-8-22)30(43)36-31-37-39-40-38-31/h7-17,25H,18-21H2,1-6H3,(H2,36,37,38,39,40,43). The number of aryl methyl sites for hydroxylation is 1. The van der Waals surface area contributed by atoms with Crippen LogP contribution in [0.15, 0.2) is 71.7 Å². The molecule has 0 aliphatic heterocycles. The Morgan fingerprint density at radius 2 is 1.70 bits per heavy atom. The monoisotopic (exact) mass is 592 g/mol. The molecule has 0 bridgehead atoms. The first kappa shape index (κ1) is 29.3. The van der Waals surface area contributed by atoms with Crippen LogP contribution in [0.4, 0.5) is 11.6 Å². The number of nitrogens with one attached hydrogen (secondary N) is 2. The predicted molar refractivity (Wildman–Crippen MR) is 171 cm³/mol. The fraction of sp³-hybridized carbons (Fsp3) is 0.382. The Bertz CT molecular complexity index is 1830. The Morgan fingerprint density at radius 3 is 2.34 bits per heavy atom. The van der Waals surface area contributed by atoms with Crippen LogP contribution < -0.4 is 15.7 Å². The SMILES string of the molecule is COc1ccc2c(c1)n(Cc1ccc(C(=O)Nc3nn[nH]n3)cc1)c(=Nc1ccc(C3CC(C)(C)CC(C)(C)C3)cc1)n2C. The number of fused-ring (bicyclic) bond motifs is 1. The zero-order valence-corrected chi connectivity index (χ0v) is 26.3. The van der Waals surface area contributed by atoms with Crippen LogP contribution in [0.2, 0.25) is 0 Å². The average molecular weight is 593 g/mol. The molecule has 1 fully saturated rings. The van der Waals surface area contributed by atoms with E-state index in [1.807, 2.05) is 31.3 Å². The molecule has 2 N–H and O–H groups in total. The highest BCUT2D eigenvalue weighted by atomic mass is 16.5. The first-order valence-electron chi connectivity index (χ1n) is 15.0. The van der Waals surface area contributed by atoms with Crippen molar-refractivity contribution >= 4 is 28.6 Å². The first-order chi connectivity index (χ1) is 21.0. The summed E-state index contributed by atoms with van der Waals surface area (Å²) in [6.07, 6.45) is 3.66. The lowest BCUT2D eigenvalue weighted by atomic mass is 9.60. The summed E-state index contributed by atoms with van der Waals surface area (Å²) < 4.78 is 9.86. The maximum Gasteiger partial charge on any atom is 0.270 e. The zero-order valence-electron chi connectivity index (χ0n) is 26.3. The number of imidazole rings is 1. The number of amides is 1. The molecule has 44 heavy (non-hydrogen) atoms. The van der Waals surface area contributed by atoms with Gasteiger partial charge in [0.1, 0.15) is 5.75 Å². The molecule has 0 unspecified atom stereocenters. The Balaban J connectivity index is 1.33. The lowest BCUT2D eigenvalue weighted by Gasteiger charge is -2.45. The normalized spacial score (nSPS) is 16.7. The lowest BCUT2D eigenvalue weighted by molar-refractivity contribution is 0.0968. The number of hydrogen-bond acceptors (Lipinski definition) is 6.